The van der Waals surface area contributed by atoms with Crippen LogP contribution >= 0.6 is 0 Å². The van der Waals surface area contributed by atoms with E-state index in [0.29, 0.717) is 19.4 Å². The molecular formula is C25H24N2O2. The van der Waals surface area contributed by atoms with Crippen LogP contribution in [0.1, 0.15) is 17.5 Å². The van der Waals surface area contributed by atoms with Crippen molar-refractivity contribution >= 4 is 17.5 Å². The minimum Gasteiger partial charge on any atom is -0.351 e. The van der Waals surface area contributed by atoms with Crippen molar-refractivity contribution in [2.45, 2.75) is 25.8 Å². The Labute approximate surface area is 171 Å². The van der Waals surface area contributed by atoms with Crippen LogP contribution in [-0.4, -0.2) is 24.4 Å². The van der Waals surface area contributed by atoms with E-state index < -0.39 is 0 Å². The fourth-order valence-corrected chi connectivity index (χ4v) is 3.69. The van der Waals surface area contributed by atoms with Gasteiger partial charge >= 0.3 is 0 Å². The first-order chi connectivity index (χ1) is 14.1. The largest absolute Gasteiger partial charge is 0.351 e. The van der Waals surface area contributed by atoms with E-state index in [1.54, 1.807) is 4.90 Å². The van der Waals surface area contributed by atoms with Crippen molar-refractivity contribution in [1.82, 2.24) is 5.32 Å². The Morgan fingerprint density at radius 2 is 1.59 bits per heavy atom. The van der Waals surface area contributed by atoms with Crippen LogP contribution in [0, 0.1) is 6.92 Å². The standard InChI is InChI=1S/C25H24N2O2/c1-18-7-13-23(14-8-18)27-17-22(16-25(27)29)26-24(28)15-19-9-11-21(12-10-19)20-5-3-2-4-6-20/h2-14,22H,15-17H2,1H3,(H,26,28). The molecule has 1 saturated heterocycles. The number of benzene rings is 3. The number of carbonyl (C=O) groups is 2. The Balaban J connectivity index is 1.34. The second kappa shape index (κ2) is 8.31. The van der Waals surface area contributed by atoms with Crippen LogP contribution in [0.3, 0.4) is 0 Å². The number of nitrogens with zero attached hydrogens (tertiary/aromatic N) is 1. The van der Waals surface area contributed by atoms with E-state index in [1.165, 1.54) is 0 Å². The first kappa shape index (κ1) is 18.9. The molecule has 4 rings (SSSR count). The average Bonchev–Trinajstić information content (AvgIpc) is 3.09. The second-order valence-corrected chi connectivity index (χ2v) is 7.55. The third kappa shape index (κ3) is 4.54. The van der Waals surface area contributed by atoms with E-state index in [4.69, 9.17) is 0 Å². The molecule has 0 spiro atoms. The monoisotopic (exact) mass is 384 g/mol. The van der Waals surface area contributed by atoms with E-state index >= 15 is 0 Å². The Morgan fingerprint density at radius 3 is 2.28 bits per heavy atom. The quantitative estimate of drug-likeness (QED) is 0.719. The van der Waals surface area contributed by atoms with Gasteiger partial charge in [0.05, 0.1) is 12.5 Å². The smallest absolute Gasteiger partial charge is 0.229 e. The van der Waals surface area contributed by atoms with Gasteiger partial charge in [-0.1, -0.05) is 72.3 Å². The van der Waals surface area contributed by atoms with Crippen LogP contribution < -0.4 is 10.2 Å². The Morgan fingerprint density at radius 1 is 0.931 bits per heavy atom. The fourth-order valence-electron chi connectivity index (χ4n) is 3.69. The average molecular weight is 384 g/mol. The van der Waals surface area contributed by atoms with Crippen molar-refractivity contribution in [1.29, 1.82) is 0 Å². The summed E-state index contributed by atoms with van der Waals surface area (Å²) in [6, 6.07) is 25.9. The molecule has 2 amide bonds. The molecule has 146 valence electrons. The number of amides is 2. The molecule has 4 nitrogen and oxygen atoms in total. The van der Waals surface area contributed by atoms with Gasteiger partial charge < -0.3 is 10.2 Å². The molecule has 1 atom stereocenters. The molecule has 1 heterocycles. The highest BCUT2D eigenvalue weighted by Crippen LogP contribution is 2.22. The summed E-state index contributed by atoms with van der Waals surface area (Å²) in [6.07, 6.45) is 0.650. The van der Waals surface area contributed by atoms with E-state index in [-0.39, 0.29) is 17.9 Å². The van der Waals surface area contributed by atoms with Gasteiger partial charge in [0, 0.05) is 18.7 Å². The molecule has 0 saturated carbocycles. The van der Waals surface area contributed by atoms with Gasteiger partial charge in [0.1, 0.15) is 0 Å². The summed E-state index contributed by atoms with van der Waals surface area (Å²) in [7, 11) is 0. The zero-order valence-electron chi connectivity index (χ0n) is 16.5. The maximum Gasteiger partial charge on any atom is 0.229 e. The van der Waals surface area contributed by atoms with E-state index in [1.807, 2.05) is 73.7 Å². The molecule has 1 unspecified atom stereocenters. The second-order valence-electron chi connectivity index (χ2n) is 7.55. The third-order valence-electron chi connectivity index (χ3n) is 5.26. The van der Waals surface area contributed by atoms with Crippen molar-refractivity contribution in [2.75, 3.05) is 11.4 Å². The number of hydrogen-bond acceptors (Lipinski definition) is 2. The zero-order valence-corrected chi connectivity index (χ0v) is 16.5. The molecule has 29 heavy (non-hydrogen) atoms. The third-order valence-corrected chi connectivity index (χ3v) is 5.26. The highest BCUT2D eigenvalue weighted by atomic mass is 16.2. The lowest BCUT2D eigenvalue weighted by Crippen LogP contribution is -2.38. The lowest BCUT2D eigenvalue weighted by Gasteiger charge is -2.17. The normalized spacial score (nSPS) is 16.1. The first-order valence-electron chi connectivity index (χ1n) is 9.89. The van der Waals surface area contributed by atoms with Crippen LogP contribution in [0.2, 0.25) is 0 Å². The van der Waals surface area contributed by atoms with Gasteiger partial charge in [-0.05, 0) is 35.7 Å². The van der Waals surface area contributed by atoms with Gasteiger partial charge in [-0.3, -0.25) is 9.59 Å². The highest BCUT2D eigenvalue weighted by molar-refractivity contribution is 5.97. The molecule has 1 aliphatic rings. The van der Waals surface area contributed by atoms with E-state index in [0.717, 1.165) is 27.9 Å². The van der Waals surface area contributed by atoms with Crippen LogP contribution in [0.15, 0.2) is 78.9 Å². The van der Waals surface area contributed by atoms with Crippen molar-refractivity contribution in [3.63, 3.8) is 0 Å². The highest BCUT2D eigenvalue weighted by Gasteiger charge is 2.31. The molecule has 1 N–H and O–H groups in total. The van der Waals surface area contributed by atoms with Crippen molar-refractivity contribution in [3.8, 4) is 11.1 Å². The van der Waals surface area contributed by atoms with Crippen molar-refractivity contribution in [3.05, 3.63) is 90.0 Å². The van der Waals surface area contributed by atoms with Gasteiger partial charge in [0.25, 0.3) is 0 Å². The van der Waals surface area contributed by atoms with Gasteiger partial charge in [0.15, 0.2) is 0 Å². The summed E-state index contributed by atoms with van der Waals surface area (Å²) in [5.74, 6) is -0.00705. The summed E-state index contributed by atoms with van der Waals surface area (Å²) in [4.78, 5) is 26.6. The molecule has 1 fully saturated rings. The summed E-state index contributed by atoms with van der Waals surface area (Å²) in [5.41, 5.74) is 5.29. The Kier molecular flexibility index (Phi) is 5.43. The SMILES string of the molecule is Cc1ccc(N2CC(NC(=O)Cc3ccc(-c4ccccc4)cc3)CC2=O)cc1. The molecule has 0 aliphatic carbocycles. The van der Waals surface area contributed by atoms with E-state index in [2.05, 4.69) is 17.4 Å². The zero-order chi connectivity index (χ0) is 20.2. The minimum absolute atomic E-state index is 0.0476. The molecule has 1 aliphatic heterocycles. The summed E-state index contributed by atoms with van der Waals surface area (Å²) >= 11 is 0. The van der Waals surface area contributed by atoms with Gasteiger partial charge in [-0.2, -0.15) is 0 Å². The van der Waals surface area contributed by atoms with Crippen molar-refractivity contribution < 1.29 is 9.59 Å². The molecular weight excluding hydrogens is 360 g/mol. The molecule has 0 radical (unpaired) electrons. The number of aryl methyl sites for hydroxylation is 1. The number of nitrogens with one attached hydrogen (secondary N) is 1. The van der Waals surface area contributed by atoms with Crippen LogP contribution in [-0.2, 0) is 16.0 Å². The van der Waals surface area contributed by atoms with Gasteiger partial charge in [-0.25, -0.2) is 0 Å². The number of carbonyl (C=O) groups excluding carboxylic acids is 2. The maximum absolute atomic E-state index is 12.5. The molecule has 4 heteroatoms. The van der Waals surface area contributed by atoms with Crippen LogP contribution in [0.5, 0.6) is 0 Å². The predicted molar refractivity (Wildman–Crippen MR) is 116 cm³/mol. The predicted octanol–water partition coefficient (Wildman–Crippen LogP) is 4.13. The number of anilines is 1. The first-order valence-corrected chi connectivity index (χ1v) is 9.89. The van der Waals surface area contributed by atoms with E-state index in [9.17, 15) is 9.59 Å². The summed E-state index contributed by atoms with van der Waals surface area (Å²) < 4.78 is 0. The van der Waals surface area contributed by atoms with Gasteiger partial charge in [-0.15, -0.1) is 0 Å². The summed E-state index contributed by atoms with van der Waals surface area (Å²) in [5, 5.41) is 3.01. The molecule has 0 bridgehead atoms. The molecule has 3 aromatic carbocycles. The minimum atomic E-state index is -0.153. The Bertz CT molecular complexity index is 995. The topological polar surface area (TPSA) is 49.4 Å². The van der Waals surface area contributed by atoms with Crippen LogP contribution in [0.25, 0.3) is 11.1 Å². The number of rotatable bonds is 5. The lowest BCUT2D eigenvalue weighted by molar-refractivity contribution is -0.121. The maximum atomic E-state index is 12.5. The lowest BCUT2D eigenvalue weighted by atomic mass is 10.0. The fraction of sp³-hybridized carbons (Fsp3) is 0.200. The number of hydrogen-bond donors (Lipinski definition) is 1. The van der Waals surface area contributed by atoms with Crippen LogP contribution in [0.4, 0.5) is 5.69 Å². The van der Waals surface area contributed by atoms with Gasteiger partial charge in [0.2, 0.25) is 11.8 Å². The molecule has 0 aromatic heterocycles. The summed E-state index contributed by atoms with van der Waals surface area (Å²) in [6.45, 7) is 2.53. The van der Waals surface area contributed by atoms with Crippen molar-refractivity contribution in [2.24, 2.45) is 0 Å². The Hall–Kier alpha value is -3.40. The molecule has 3 aromatic rings.